The minimum Gasteiger partial charge on any atom is -0.493 e. The molecule has 3 rings (SSSR count). The molecule has 1 aliphatic rings. The minimum atomic E-state index is 0.311. The third kappa shape index (κ3) is 2.40. The van der Waals surface area contributed by atoms with Gasteiger partial charge in [0.2, 0.25) is 0 Å². The summed E-state index contributed by atoms with van der Waals surface area (Å²) in [5, 5.41) is 12.5. The lowest BCUT2D eigenvalue weighted by atomic mass is 10.0. The summed E-state index contributed by atoms with van der Waals surface area (Å²) in [4.78, 5) is 0. The van der Waals surface area contributed by atoms with Crippen LogP contribution in [0.2, 0.25) is 0 Å². The van der Waals surface area contributed by atoms with E-state index in [1.54, 1.807) is 0 Å². The molecule has 0 aliphatic carbocycles. The lowest BCUT2D eigenvalue weighted by molar-refractivity contribution is 0.252. The van der Waals surface area contributed by atoms with Crippen LogP contribution in [-0.2, 0) is 13.6 Å². The number of ether oxygens (including phenoxy) is 1. The third-order valence-electron chi connectivity index (χ3n) is 3.69. The number of aryl methyl sites for hydroxylation is 1. The van der Waals surface area contributed by atoms with Crippen molar-refractivity contribution < 1.29 is 4.74 Å². The van der Waals surface area contributed by atoms with Crippen molar-refractivity contribution in [2.45, 2.75) is 19.0 Å². The van der Waals surface area contributed by atoms with E-state index in [2.05, 4.69) is 17.5 Å². The number of nitrogens with zero attached hydrogens (tertiary/aromatic N) is 2. The fourth-order valence-corrected chi connectivity index (χ4v) is 2.64. The molecular weight excluding hydrogens is 250 g/mol. The van der Waals surface area contributed by atoms with Crippen LogP contribution < -0.4 is 10.1 Å². The standard InChI is InChI=1S/C16H17N3O/c1-19-11-12(8-13(19)9-17)10-18-15-6-7-20-16-5-3-2-4-14(15)16/h2-5,8,11,15,18H,6-7,10H2,1H3. The maximum absolute atomic E-state index is 8.97. The van der Waals surface area contributed by atoms with E-state index in [9.17, 15) is 0 Å². The Morgan fingerprint density at radius 1 is 1.45 bits per heavy atom. The van der Waals surface area contributed by atoms with Crippen molar-refractivity contribution in [1.29, 1.82) is 5.26 Å². The summed E-state index contributed by atoms with van der Waals surface area (Å²) in [6.45, 7) is 1.50. The summed E-state index contributed by atoms with van der Waals surface area (Å²) >= 11 is 0. The van der Waals surface area contributed by atoms with Gasteiger partial charge in [0.1, 0.15) is 17.5 Å². The fourth-order valence-electron chi connectivity index (χ4n) is 2.64. The van der Waals surface area contributed by atoms with E-state index in [0.717, 1.165) is 30.9 Å². The Morgan fingerprint density at radius 2 is 2.30 bits per heavy atom. The van der Waals surface area contributed by atoms with Gasteiger partial charge in [-0.25, -0.2) is 0 Å². The van der Waals surface area contributed by atoms with Crippen molar-refractivity contribution >= 4 is 0 Å². The Balaban J connectivity index is 1.72. The lowest BCUT2D eigenvalue weighted by Gasteiger charge is -2.26. The summed E-state index contributed by atoms with van der Waals surface area (Å²) in [5.74, 6) is 0.974. The second kappa shape index (κ2) is 5.40. The molecule has 1 unspecified atom stereocenters. The van der Waals surface area contributed by atoms with Crippen LogP contribution in [0.25, 0.3) is 0 Å². The predicted molar refractivity (Wildman–Crippen MR) is 76.3 cm³/mol. The lowest BCUT2D eigenvalue weighted by Crippen LogP contribution is -2.26. The van der Waals surface area contributed by atoms with Gasteiger partial charge in [0, 0.05) is 37.8 Å². The average Bonchev–Trinajstić information content (AvgIpc) is 2.85. The number of aromatic nitrogens is 1. The highest BCUT2D eigenvalue weighted by atomic mass is 16.5. The second-order valence-corrected chi connectivity index (χ2v) is 5.06. The molecule has 0 fully saturated rings. The number of para-hydroxylation sites is 1. The number of nitrogens with one attached hydrogen (secondary N) is 1. The molecule has 1 aromatic heterocycles. The van der Waals surface area contributed by atoms with Gasteiger partial charge in [-0.1, -0.05) is 18.2 Å². The Labute approximate surface area is 118 Å². The number of nitriles is 1. The maximum Gasteiger partial charge on any atom is 0.124 e. The number of hydrogen-bond donors (Lipinski definition) is 1. The molecule has 0 saturated carbocycles. The van der Waals surface area contributed by atoms with E-state index < -0.39 is 0 Å². The number of rotatable bonds is 3. The van der Waals surface area contributed by atoms with Crippen LogP contribution in [0.3, 0.4) is 0 Å². The number of hydrogen-bond acceptors (Lipinski definition) is 3. The molecule has 1 N–H and O–H groups in total. The van der Waals surface area contributed by atoms with Crippen LogP contribution in [0, 0.1) is 11.3 Å². The number of fused-ring (bicyclic) bond motifs is 1. The summed E-state index contributed by atoms with van der Waals surface area (Å²) in [7, 11) is 1.89. The van der Waals surface area contributed by atoms with E-state index in [1.165, 1.54) is 5.56 Å². The zero-order chi connectivity index (χ0) is 13.9. The quantitative estimate of drug-likeness (QED) is 0.929. The second-order valence-electron chi connectivity index (χ2n) is 5.06. The summed E-state index contributed by atoms with van der Waals surface area (Å²) < 4.78 is 7.52. The first-order valence-corrected chi connectivity index (χ1v) is 6.78. The van der Waals surface area contributed by atoms with Crippen molar-refractivity contribution in [3.8, 4) is 11.8 Å². The first kappa shape index (κ1) is 12.8. The molecule has 102 valence electrons. The molecule has 0 saturated heterocycles. The molecule has 1 atom stereocenters. The van der Waals surface area contributed by atoms with Crippen molar-refractivity contribution in [1.82, 2.24) is 9.88 Å². The number of benzene rings is 1. The van der Waals surface area contributed by atoms with E-state index in [0.29, 0.717) is 11.7 Å². The molecular formula is C16H17N3O. The highest BCUT2D eigenvalue weighted by Crippen LogP contribution is 2.31. The van der Waals surface area contributed by atoms with Gasteiger partial charge >= 0.3 is 0 Å². The van der Waals surface area contributed by atoms with E-state index in [-0.39, 0.29) is 0 Å². The average molecular weight is 267 g/mol. The van der Waals surface area contributed by atoms with Crippen molar-refractivity contribution in [2.24, 2.45) is 7.05 Å². The first-order chi connectivity index (χ1) is 9.78. The van der Waals surface area contributed by atoms with Gasteiger partial charge in [-0.05, 0) is 17.7 Å². The molecule has 0 bridgehead atoms. The normalized spacial score (nSPS) is 17.1. The van der Waals surface area contributed by atoms with Gasteiger partial charge in [-0.15, -0.1) is 0 Å². The molecule has 4 nitrogen and oxygen atoms in total. The highest BCUT2D eigenvalue weighted by Gasteiger charge is 2.20. The fraction of sp³-hybridized carbons (Fsp3) is 0.312. The van der Waals surface area contributed by atoms with Gasteiger partial charge in [-0.2, -0.15) is 5.26 Å². The summed E-state index contributed by atoms with van der Waals surface area (Å²) in [5.41, 5.74) is 3.04. The molecule has 1 aliphatic heterocycles. The van der Waals surface area contributed by atoms with Crippen molar-refractivity contribution in [3.05, 3.63) is 53.3 Å². The topological polar surface area (TPSA) is 50.0 Å². The van der Waals surface area contributed by atoms with Gasteiger partial charge in [0.05, 0.1) is 6.61 Å². The molecule has 2 heterocycles. The Morgan fingerprint density at radius 3 is 3.10 bits per heavy atom. The van der Waals surface area contributed by atoms with Crippen molar-refractivity contribution in [2.75, 3.05) is 6.61 Å². The molecule has 0 spiro atoms. The van der Waals surface area contributed by atoms with E-state index in [1.807, 2.05) is 42.1 Å². The van der Waals surface area contributed by atoms with Crippen LogP contribution in [0.4, 0.5) is 0 Å². The van der Waals surface area contributed by atoms with Crippen LogP contribution in [0.5, 0.6) is 5.75 Å². The van der Waals surface area contributed by atoms with Crippen LogP contribution in [0.15, 0.2) is 36.5 Å². The minimum absolute atomic E-state index is 0.311. The monoisotopic (exact) mass is 267 g/mol. The zero-order valence-electron chi connectivity index (χ0n) is 11.5. The molecule has 20 heavy (non-hydrogen) atoms. The van der Waals surface area contributed by atoms with Crippen LogP contribution in [0.1, 0.15) is 29.3 Å². The predicted octanol–water partition coefficient (Wildman–Crippen LogP) is 2.51. The summed E-state index contributed by atoms with van der Waals surface area (Å²) in [6, 6.07) is 12.6. The van der Waals surface area contributed by atoms with E-state index >= 15 is 0 Å². The Kier molecular flexibility index (Phi) is 3.44. The Hall–Kier alpha value is -2.25. The van der Waals surface area contributed by atoms with Crippen molar-refractivity contribution in [3.63, 3.8) is 0 Å². The van der Waals surface area contributed by atoms with Crippen LogP contribution >= 0.6 is 0 Å². The smallest absolute Gasteiger partial charge is 0.124 e. The van der Waals surface area contributed by atoms with Gasteiger partial charge in [0.25, 0.3) is 0 Å². The molecule has 1 aromatic carbocycles. The highest BCUT2D eigenvalue weighted by molar-refractivity contribution is 5.37. The van der Waals surface area contributed by atoms with E-state index in [4.69, 9.17) is 10.00 Å². The maximum atomic E-state index is 8.97. The Bertz CT molecular complexity index is 654. The van der Waals surface area contributed by atoms with Gasteiger partial charge < -0.3 is 14.6 Å². The summed E-state index contributed by atoms with van der Waals surface area (Å²) in [6.07, 6.45) is 2.96. The van der Waals surface area contributed by atoms with Gasteiger partial charge in [-0.3, -0.25) is 0 Å². The largest absolute Gasteiger partial charge is 0.493 e. The molecule has 0 radical (unpaired) electrons. The molecule has 0 amide bonds. The van der Waals surface area contributed by atoms with Crippen LogP contribution in [-0.4, -0.2) is 11.2 Å². The first-order valence-electron chi connectivity index (χ1n) is 6.78. The zero-order valence-corrected chi connectivity index (χ0v) is 11.5. The SMILES string of the molecule is Cn1cc(CNC2CCOc3ccccc32)cc1C#N. The molecule has 2 aromatic rings. The molecule has 4 heteroatoms. The van der Waals surface area contributed by atoms with Gasteiger partial charge in [0.15, 0.2) is 0 Å². The third-order valence-corrected chi connectivity index (χ3v) is 3.69.